The smallest absolute Gasteiger partial charge is 0.261 e. The van der Waals surface area contributed by atoms with Gasteiger partial charge < -0.3 is 19.5 Å². The monoisotopic (exact) mass is 401 g/mol. The molecule has 0 aliphatic carbocycles. The van der Waals surface area contributed by atoms with Crippen molar-refractivity contribution < 1.29 is 19.0 Å². The van der Waals surface area contributed by atoms with Crippen molar-refractivity contribution in [3.63, 3.8) is 0 Å². The van der Waals surface area contributed by atoms with E-state index < -0.39 is 0 Å². The molecule has 0 aliphatic rings. The predicted molar refractivity (Wildman–Crippen MR) is 109 cm³/mol. The van der Waals surface area contributed by atoms with E-state index in [1.165, 1.54) is 11.3 Å². The number of methoxy groups -OCH3 is 3. The molecule has 0 saturated heterocycles. The van der Waals surface area contributed by atoms with Crippen LogP contribution in [0.1, 0.15) is 32.3 Å². The Morgan fingerprint density at radius 1 is 1.00 bits per heavy atom. The Kier molecular flexibility index (Phi) is 5.69. The number of amides is 1. The molecule has 3 rings (SSSR count). The van der Waals surface area contributed by atoms with Gasteiger partial charge >= 0.3 is 0 Å². The molecule has 2 aromatic heterocycles. The number of aryl methyl sites for hydroxylation is 3. The normalized spacial score (nSPS) is 10.8. The van der Waals surface area contributed by atoms with Gasteiger partial charge in [-0.1, -0.05) is 0 Å². The molecular formula is C20H23N3O4S. The van der Waals surface area contributed by atoms with E-state index in [0.717, 1.165) is 27.0 Å². The molecule has 0 unspecified atom stereocenters. The van der Waals surface area contributed by atoms with Crippen molar-refractivity contribution in [3.8, 4) is 17.2 Å². The number of rotatable bonds is 6. The lowest BCUT2D eigenvalue weighted by Crippen LogP contribution is -2.22. The van der Waals surface area contributed by atoms with Gasteiger partial charge in [-0.3, -0.25) is 4.79 Å². The molecule has 8 heteroatoms. The molecule has 1 aromatic carbocycles. The lowest BCUT2D eigenvalue weighted by Gasteiger charge is -2.14. The zero-order chi connectivity index (χ0) is 20.4. The number of ether oxygens (including phenoxy) is 3. The van der Waals surface area contributed by atoms with E-state index in [1.54, 1.807) is 33.5 Å². The Labute approximate surface area is 167 Å². The molecule has 0 radical (unpaired) electrons. The number of thiophene rings is 1. The average Bonchev–Trinajstić information content (AvgIpc) is 3.01. The van der Waals surface area contributed by atoms with Gasteiger partial charge in [0.25, 0.3) is 5.91 Å². The zero-order valence-electron chi connectivity index (χ0n) is 16.8. The number of nitrogens with zero attached hydrogens (tertiary/aromatic N) is 2. The SMILES string of the molecule is COc1cc(OC)c(OC)cc1CNC(=O)c1sc2nc(C)nc(C)c2c1C. The molecule has 148 valence electrons. The fraction of sp³-hybridized carbons (Fsp3) is 0.350. The summed E-state index contributed by atoms with van der Waals surface area (Å²) in [7, 11) is 4.71. The highest BCUT2D eigenvalue weighted by molar-refractivity contribution is 7.20. The van der Waals surface area contributed by atoms with Gasteiger partial charge in [0.1, 0.15) is 16.4 Å². The maximum absolute atomic E-state index is 12.8. The average molecular weight is 401 g/mol. The standard InChI is InChI=1S/C20H23N3O4S/c1-10-17-11(2)22-12(3)23-20(17)28-18(10)19(24)21-9-13-7-15(26-5)16(27-6)8-14(13)25-4/h7-8H,9H2,1-6H3,(H,21,24). The third kappa shape index (κ3) is 3.60. The molecule has 0 bridgehead atoms. The van der Waals surface area contributed by atoms with E-state index in [9.17, 15) is 4.79 Å². The van der Waals surface area contributed by atoms with Crippen LogP contribution in [-0.4, -0.2) is 37.2 Å². The summed E-state index contributed by atoms with van der Waals surface area (Å²) in [6.07, 6.45) is 0. The maximum Gasteiger partial charge on any atom is 0.261 e. The van der Waals surface area contributed by atoms with Crippen molar-refractivity contribution in [3.05, 3.63) is 39.7 Å². The van der Waals surface area contributed by atoms with E-state index >= 15 is 0 Å². The summed E-state index contributed by atoms with van der Waals surface area (Å²) in [5.41, 5.74) is 2.57. The number of hydrogen-bond acceptors (Lipinski definition) is 7. The Balaban J connectivity index is 1.88. The topological polar surface area (TPSA) is 82.6 Å². The van der Waals surface area contributed by atoms with E-state index in [0.29, 0.717) is 34.5 Å². The zero-order valence-corrected chi connectivity index (χ0v) is 17.6. The molecule has 1 amide bonds. The fourth-order valence-corrected chi connectivity index (χ4v) is 4.37. The molecule has 0 atom stereocenters. The van der Waals surface area contributed by atoms with Crippen molar-refractivity contribution >= 4 is 27.5 Å². The van der Waals surface area contributed by atoms with Crippen LogP contribution < -0.4 is 19.5 Å². The minimum absolute atomic E-state index is 0.158. The molecule has 0 spiro atoms. The van der Waals surface area contributed by atoms with Gasteiger partial charge in [-0.25, -0.2) is 9.97 Å². The third-order valence-corrected chi connectivity index (χ3v) is 5.70. The highest BCUT2D eigenvalue weighted by atomic mass is 32.1. The van der Waals surface area contributed by atoms with Crippen molar-refractivity contribution in [2.24, 2.45) is 0 Å². The summed E-state index contributed by atoms with van der Waals surface area (Å²) in [5.74, 6) is 2.30. The van der Waals surface area contributed by atoms with Crippen LogP contribution in [-0.2, 0) is 6.54 Å². The minimum Gasteiger partial charge on any atom is -0.496 e. The van der Waals surface area contributed by atoms with Gasteiger partial charge in [-0.15, -0.1) is 11.3 Å². The Morgan fingerprint density at radius 2 is 1.64 bits per heavy atom. The van der Waals surface area contributed by atoms with Crippen LogP contribution in [0.5, 0.6) is 17.2 Å². The van der Waals surface area contributed by atoms with Gasteiger partial charge in [0.05, 0.1) is 26.2 Å². The van der Waals surface area contributed by atoms with Crippen LogP contribution in [0.2, 0.25) is 0 Å². The largest absolute Gasteiger partial charge is 0.496 e. The molecule has 0 aliphatic heterocycles. The van der Waals surface area contributed by atoms with Crippen LogP contribution >= 0.6 is 11.3 Å². The van der Waals surface area contributed by atoms with E-state index in [-0.39, 0.29) is 5.91 Å². The highest BCUT2D eigenvalue weighted by Crippen LogP contribution is 2.35. The van der Waals surface area contributed by atoms with Gasteiger partial charge in [0, 0.05) is 29.3 Å². The maximum atomic E-state index is 12.8. The fourth-order valence-electron chi connectivity index (χ4n) is 3.18. The number of benzene rings is 1. The second-order valence-electron chi connectivity index (χ2n) is 6.29. The van der Waals surface area contributed by atoms with Gasteiger partial charge in [-0.2, -0.15) is 0 Å². The van der Waals surface area contributed by atoms with Gasteiger partial charge in [0.15, 0.2) is 11.5 Å². The van der Waals surface area contributed by atoms with Crippen LogP contribution in [0.25, 0.3) is 10.2 Å². The van der Waals surface area contributed by atoms with Crippen LogP contribution in [0.15, 0.2) is 12.1 Å². The van der Waals surface area contributed by atoms with Crippen LogP contribution in [0, 0.1) is 20.8 Å². The summed E-state index contributed by atoms with van der Waals surface area (Å²) in [4.78, 5) is 23.2. The summed E-state index contributed by atoms with van der Waals surface area (Å²) >= 11 is 1.38. The Bertz CT molecular complexity index is 1050. The van der Waals surface area contributed by atoms with E-state index in [1.807, 2.05) is 20.8 Å². The molecule has 2 heterocycles. The summed E-state index contributed by atoms with van der Waals surface area (Å²) in [6, 6.07) is 3.54. The number of carbonyl (C=O) groups excluding carboxylic acids is 1. The van der Waals surface area contributed by atoms with Gasteiger partial charge in [-0.05, 0) is 32.4 Å². The van der Waals surface area contributed by atoms with E-state index in [2.05, 4.69) is 15.3 Å². The minimum atomic E-state index is -0.158. The molecule has 0 saturated carbocycles. The molecule has 1 N–H and O–H groups in total. The third-order valence-electron chi connectivity index (χ3n) is 4.52. The number of carbonyl (C=O) groups is 1. The first-order valence-corrected chi connectivity index (χ1v) is 9.52. The number of hydrogen-bond donors (Lipinski definition) is 1. The molecular weight excluding hydrogens is 378 g/mol. The molecule has 3 aromatic rings. The van der Waals surface area contributed by atoms with E-state index in [4.69, 9.17) is 14.2 Å². The molecule has 7 nitrogen and oxygen atoms in total. The quantitative estimate of drug-likeness (QED) is 0.680. The Hall–Kier alpha value is -2.87. The highest BCUT2D eigenvalue weighted by Gasteiger charge is 2.19. The summed E-state index contributed by atoms with van der Waals surface area (Å²) < 4.78 is 16.1. The van der Waals surface area contributed by atoms with Crippen LogP contribution in [0.3, 0.4) is 0 Å². The first kappa shape index (κ1) is 19.9. The first-order valence-electron chi connectivity index (χ1n) is 8.71. The van der Waals surface area contributed by atoms with Crippen molar-refractivity contribution in [2.45, 2.75) is 27.3 Å². The number of fused-ring (bicyclic) bond motifs is 1. The van der Waals surface area contributed by atoms with Crippen LogP contribution in [0.4, 0.5) is 0 Å². The second-order valence-corrected chi connectivity index (χ2v) is 7.29. The lowest BCUT2D eigenvalue weighted by atomic mass is 10.1. The summed E-state index contributed by atoms with van der Waals surface area (Å²) in [5, 5.41) is 3.91. The summed E-state index contributed by atoms with van der Waals surface area (Å²) in [6.45, 7) is 6.01. The van der Waals surface area contributed by atoms with Crippen molar-refractivity contribution in [1.29, 1.82) is 0 Å². The van der Waals surface area contributed by atoms with Crippen molar-refractivity contribution in [1.82, 2.24) is 15.3 Å². The molecule has 28 heavy (non-hydrogen) atoms. The lowest BCUT2D eigenvalue weighted by molar-refractivity contribution is 0.0954. The van der Waals surface area contributed by atoms with Crippen molar-refractivity contribution in [2.75, 3.05) is 21.3 Å². The Morgan fingerprint density at radius 3 is 2.29 bits per heavy atom. The second kappa shape index (κ2) is 8.02. The number of nitrogens with one attached hydrogen (secondary N) is 1. The number of aromatic nitrogens is 2. The first-order chi connectivity index (χ1) is 13.4. The predicted octanol–water partition coefficient (Wildman–Crippen LogP) is 3.57. The van der Waals surface area contributed by atoms with Gasteiger partial charge in [0.2, 0.25) is 0 Å². The molecule has 0 fully saturated rings.